The predicted octanol–water partition coefficient (Wildman–Crippen LogP) is 4.89. The van der Waals surface area contributed by atoms with E-state index in [-0.39, 0.29) is 0 Å². The zero-order valence-electron chi connectivity index (χ0n) is 14.0. The molecule has 1 rings (SSSR count). The molecule has 0 bridgehead atoms. The van der Waals surface area contributed by atoms with Crippen LogP contribution in [0, 0.1) is 0 Å². The van der Waals surface area contributed by atoms with Crippen molar-refractivity contribution in [2.24, 2.45) is 0 Å². The number of nitrogens with zero attached hydrogens (tertiary/aromatic N) is 1. The molecule has 0 amide bonds. The van der Waals surface area contributed by atoms with Gasteiger partial charge in [0, 0.05) is 17.1 Å². The number of nitrogens with one attached hydrogen (secondary N) is 1. The van der Waals surface area contributed by atoms with Gasteiger partial charge >= 0.3 is 0 Å². The van der Waals surface area contributed by atoms with Crippen LogP contribution in [0.4, 0.5) is 0 Å². The summed E-state index contributed by atoms with van der Waals surface area (Å²) in [5, 5.41) is 4.47. The minimum atomic E-state index is 0.415. The Morgan fingerprint density at radius 3 is 2.33 bits per heavy atom. The molecule has 0 aliphatic rings. The van der Waals surface area contributed by atoms with E-state index >= 15 is 0 Å². The molecule has 0 saturated heterocycles. The summed E-state index contributed by atoms with van der Waals surface area (Å²) in [5.74, 6) is 0. The van der Waals surface area contributed by atoms with Crippen molar-refractivity contribution in [3.8, 4) is 0 Å². The first-order valence-corrected chi connectivity index (χ1v) is 8.65. The molecule has 0 radical (unpaired) electrons. The first-order chi connectivity index (χ1) is 10.1. The van der Waals surface area contributed by atoms with Crippen LogP contribution in [0.1, 0.15) is 58.1 Å². The number of hydrogen-bond donors (Lipinski definition) is 1. The molecule has 1 N–H and O–H groups in total. The lowest BCUT2D eigenvalue weighted by Crippen LogP contribution is -2.33. The third-order valence-corrected chi connectivity index (χ3v) is 4.39. The Morgan fingerprint density at radius 1 is 1.10 bits per heavy atom. The maximum atomic E-state index is 6.00. The molecular weight excluding hydrogens is 280 g/mol. The molecule has 0 fully saturated rings. The van der Waals surface area contributed by atoms with Crippen LogP contribution in [-0.2, 0) is 0 Å². The first-order valence-electron chi connectivity index (χ1n) is 8.27. The molecule has 2 unspecified atom stereocenters. The summed E-state index contributed by atoms with van der Waals surface area (Å²) in [7, 11) is 2.24. The minimum absolute atomic E-state index is 0.415. The zero-order chi connectivity index (χ0) is 15.7. The largest absolute Gasteiger partial charge is 0.310 e. The summed E-state index contributed by atoms with van der Waals surface area (Å²) in [5.41, 5.74) is 1.34. The highest BCUT2D eigenvalue weighted by Gasteiger charge is 2.14. The minimum Gasteiger partial charge on any atom is -0.310 e. The monoisotopic (exact) mass is 310 g/mol. The summed E-state index contributed by atoms with van der Waals surface area (Å²) in [6, 6.07) is 9.34. The van der Waals surface area contributed by atoms with Gasteiger partial charge < -0.3 is 10.2 Å². The molecule has 0 aromatic heterocycles. The van der Waals surface area contributed by atoms with Crippen molar-refractivity contribution in [3.63, 3.8) is 0 Å². The van der Waals surface area contributed by atoms with Crippen molar-refractivity contribution >= 4 is 11.6 Å². The van der Waals surface area contributed by atoms with Gasteiger partial charge in [0.2, 0.25) is 0 Å². The molecule has 2 atom stereocenters. The number of hydrogen-bond acceptors (Lipinski definition) is 2. The quantitative estimate of drug-likeness (QED) is 0.662. The Morgan fingerprint density at radius 2 is 1.76 bits per heavy atom. The van der Waals surface area contributed by atoms with Crippen LogP contribution in [0.3, 0.4) is 0 Å². The van der Waals surface area contributed by atoms with E-state index in [2.05, 4.69) is 50.2 Å². The van der Waals surface area contributed by atoms with Gasteiger partial charge in [0.1, 0.15) is 0 Å². The van der Waals surface area contributed by atoms with Crippen LogP contribution in [-0.4, -0.2) is 31.1 Å². The van der Waals surface area contributed by atoms with Crippen molar-refractivity contribution in [2.75, 3.05) is 20.1 Å². The second-order valence-electron chi connectivity index (χ2n) is 5.97. The molecule has 0 heterocycles. The second-order valence-corrected chi connectivity index (χ2v) is 6.40. The SMILES string of the molecule is CCCNC(CCN(C)C(C)CCC)c1ccc(Cl)cc1. The molecule has 21 heavy (non-hydrogen) atoms. The van der Waals surface area contributed by atoms with E-state index in [9.17, 15) is 0 Å². The molecular formula is C18H31ClN2. The molecule has 0 saturated carbocycles. The topological polar surface area (TPSA) is 15.3 Å². The maximum absolute atomic E-state index is 6.00. The van der Waals surface area contributed by atoms with E-state index in [0.29, 0.717) is 12.1 Å². The number of rotatable bonds is 10. The van der Waals surface area contributed by atoms with E-state index in [1.54, 1.807) is 0 Å². The Kier molecular flexibility index (Phi) is 8.98. The smallest absolute Gasteiger partial charge is 0.0406 e. The van der Waals surface area contributed by atoms with Crippen LogP contribution < -0.4 is 5.32 Å². The third-order valence-electron chi connectivity index (χ3n) is 4.14. The van der Waals surface area contributed by atoms with Crippen molar-refractivity contribution < 1.29 is 0 Å². The predicted molar refractivity (Wildman–Crippen MR) is 94.1 cm³/mol. The van der Waals surface area contributed by atoms with Gasteiger partial charge in [-0.1, -0.05) is 44.0 Å². The molecule has 0 spiro atoms. The lowest BCUT2D eigenvalue weighted by Gasteiger charge is -2.27. The molecule has 3 heteroatoms. The van der Waals surface area contributed by atoms with Crippen LogP contribution in [0.25, 0.3) is 0 Å². The zero-order valence-corrected chi connectivity index (χ0v) is 14.8. The third kappa shape index (κ3) is 6.82. The fourth-order valence-corrected chi connectivity index (χ4v) is 2.72. The van der Waals surface area contributed by atoms with Crippen LogP contribution in [0.2, 0.25) is 5.02 Å². The van der Waals surface area contributed by atoms with Crippen molar-refractivity contribution in [3.05, 3.63) is 34.9 Å². The average Bonchev–Trinajstić information content (AvgIpc) is 2.48. The Bertz CT molecular complexity index is 377. The summed E-state index contributed by atoms with van der Waals surface area (Å²) >= 11 is 6.00. The molecule has 1 aromatic carbocycles. The normalized spacial score (nSPS) is 14.4. The summed E-state index contributed by atoms with van der Waals surface area (Å²) in [4.78, 5) is 2.47. The standard InChI is InChI=1S/C18H31ClN2/c1-5-7-15(3)21(4)14-12-18(20-13-6-2)16-8-10-17(19)11-9-16/h8-11,15,18,20H,5-7,12-14H2,1-4H3. The highest BCUT2D eigenvalue weighted by Crippen LogP contribution is 2.20. The van der Waals surface area contributed by atoms with Gasteiger partial charge in [0.25, 0.3) is 0 Å². The van der Waals surface area contributed by atoms with Gasteiger partial charge in [-0.15, -0.1) is 0 Å². The van der Waals surface area contributed by atoms with Crippen molar-refractivity contribution in [1.29, 1.82) is 0 Å². The fourth-order valence-electron chi connectivity index (χ4n) is 2.59. The van der Waals surface area contributed by atoms with Gasteiger partial charge in [0.15, 0.2) is 0 Å². The Hall–Kier alpha value is -0.570. The molecule has 0 aliphatic carbocycles. The van der Waals surface area contributed by atoms with E-state index in [4.69, 9.17) is 11.6 Å². The maximum Gasteiger partial charge on any atom is 0.0406 e. The van der Waals surface area contributed by atoms with Gasteiger partial charge in [-0.2, -0.15) is 0 Å². The highest BCUT2D eigenvalue weighted by atomic mass is 35.5. The van der Waals surface area contributed by atoms with Crippen LogP contribution in [0.15, 0.2) is 24.3 Å². The van der Waals surface area contributed by atoms with E-state index in [1.165, 1.54) is 18.4 Å². The molecule has 120 valence electrons. The number of halogens is 1. The van der Waals surface area contributed by atoms with Gasteiger partial charge in [-0.3, -0.25) is 0 Å². The lowest BCUT2D eigenvalue weighted by atomic mass is 10.0. The Balaban J connectivity index is 2.59. The lowest BCUT2D eigenvalue weighted by molar-refractivity contribution is 0.231. The fraction of sp³-hybridized carbons (Fsp3) is 0.667. The number of benzene rings is 1. The summed E-state index contributed by atoms with van der Waals surface area (Å²) < 4.78 is 0. The van der Waals surface area contributed by atoms with Crippen molar-refractivity contribution in [2.45, 2.75) is 58.5 Å². The van der Waals surface area contributed by atoms with Crippen LogP contribution in [0.5, 0.6) is 0 Å². The Labute approximate surface area is 135 Å². The average molecular weight is 311 g/mol. The first kappa shape index (κ1) is 18.5. The van der Waals surface area contributed by atoms with Gasteiger partial charge in [-0.25, -0.2) is 0 Å². The van der Waals surface area contributed by atoms with E-state index in [1.807, 2.05) is 12.1 Å². The second kappa shape index (κ2) is 10.2. The molecule has 1 aromatic rings. The van der Waals surface area contributed by atoms with Gasteiger partial charge in [-0.05, 0) is 64.0 Å². The molecule has 2 nitrogen and oxygen atoms in total. The summed E-state index contributed by atoms with van der Waals surface area (Å²) in [6.45, 7) is 8.96. The van der Waals surface area contributed by atoms with Gasteiger partial charge in [0.05, 0.1) is 0 Å². The van der Waals surface area contributed by atoms with Crippen LogP contribution >= 0.6 is 11.6 Å². The summed E-state index contributed by atoms with van der Waals surface area (Å²) in [6.07, 6.45) is 4.81. The van der Waals surface area contributed by atoms with E-state index in [0.717, 1.165) is 31.0 Å². The highest BCUT2D eigenvalue weighted by molar-refractivity contribution is 6.30. The van der Waals surface area contributed by atoms with Crippen molar-refractivity contribution in [1.82, 2.24) is 10.2 Å². The molecule has 0 aliphatic heterocycles. The van der Waals surface area contributed by atoms with E-state index < -0.39 is 0 Å².